The average Bonchev–Trinajstić information content (AvgIpc) is 2.85. The van der Waals surface area contributed by atoms with Gasteiger partial charge < -0.3 is 21.9 Å². The number of anilines is 3. The average molecular weight is 277 g/mol. The molecule has 0 atom stereocenters. The minimum Gasteiger partial charge on any atom is -0.397 e. The molecule has 0 radical (unpaired) electrons. The van der Waals surface area contributed by atoms with Crippen LogP contribution in [0.2, 0.25) is 0 Å². The predicted octanol–water partition coefficient (Wildman–Crippen LogP) is -0.170. The Morgan fingerprint density at radius 1 is 1.40 bits per heavy atom. The summed E-state index contributed by atoms with van der Waals surface area (Å²) in [4.78, 5) is 4.15. The maximum absolute atomic E-state index is 8.85. The summed E-state index contributed by atoms with van der Waals surface area (Å²) in [6, 6.07) is 1.69. The van der Waals surface area contributed by atoms with Crippen molar-refractivity contribution in [2.75, 3.05) is 29.9 Å². The monoisotopic (exact) mass is 277 g/mol. The van der Waals surface area contributed by atoms with Crippen molar-refractivity contribution in [2.24, 2.45) is 0 Å². The van der Waals surface area contributed by atoms with E-state index in [2.05, 4.69) is 14.9 Å². The molecule has 2 aromatic rings. The van der Waals surface area contributed by atoms with Gasteiger partial charge in [-0.25, -0.2) is 14.1 Å². The second-order valence-corrected chi connectivity index (χ2v) is 4.60. The fourth-order valence-electron chi connectivity index (χ4n) is 1.93. The molecular formula is C13H21N6O+. The summed E-state index contributed by atoms with van der Waals surface area (Å²) in [5, 5.41) is 12.0. The van der Waals surface area contributed by atoms with Crippen LogP contribution in [-0.2, 0) is 13.1 Å². The van der Waals surface area contributed by atoms with E-state index in [4.69, 9.17) is 16.6 Å². The Bertz CT molecular complexity index is 554. The Hall–Kier alpha value is -2.28. The number of hydrogen-bond donors (Lipinski definition) is 4. The van der Waals surface area contributed by atoms with Crippen molar-refractivity contribution in [1.82, 2.24) is 9.55 Å². The first-order valence-electron chi connectivity index (χ1n) is 6.59. The van der Waals surface area contributed by atoms with Gasteiger partial charge in [0, 0.05) is 13.0 Å². The summed E-state index contributed by atoms with van der Waals surface area (Å²) in [7, 11) is 0. The third-order valence-electron chi connectivity index (χ3n) is 2.93. The maximum atomic E-state index is 8.85. The van der Waals surface area contributed by atoms with Crippen molar-refractivity contribution in [3.63, 3.8) is 0 Å². The molecule has 20 heavy (non-hydrogen) atoms. The third kappa shape index (κ3) is 3.86. The standard InChI is InChI=1S/C13H21N6O/c14-11-8-12(15)13(17-9-11)16-2-1-3-18-4-5-19(10-18)6-7-20/h4-5,8-10,20H,1-3,6-7,14-15H2,(H,16,17)/q+1. The Labute approximate surface area is 117 Å². The minimum absolute atomic E-state index is 0.151. The highest BCUT2D eigenvalue weighted by Gasteiger charge is 2.04. The van der Waals surface area contributed by atoms with Crippen LogP contribution in [0.4, 0.5) is 17.2 Å². The summed E-state index contributed by atoms with van der Waals surface area (Å²) in [6.07, 6.45) is 8.45. The zero-order valence-corrected chi connectivity index (χ0v) is 11.4. The molecule has 2 aromatic heterocycles. The molecule has 0 aliphatic carbocycles. The van der Waals surface area contributed by atoms with E-state index in [-0.39, 0.29) is 6.61 Å². The van der Waals surface area contributed by atoms with Gasteiger partial charge in [0.1, 0.15) is 24.8 Å². The fraction of sp³-hybridized carbons (Fsp3) is 0.385. The van der Waals surface area contributed by atoms with Crippen LogP contribution in [0.1, 0.15) is 6.42 Å². The molecular weight excluding hydrogens is 256 g/mol. The lowest BCUT2D eigenvalue weighted by Crippen LogP contribution is -2.32. The molecule has 7 heteroatoms. The molecule has 7 nitrogen and oxygen atoms in total. The Kier molecular flexibility index (Phi) is 4.78. The molecule has 108 valence electrons. The van der Waals surface area contributed by atoms with Crippen molar-refractivity contribution in [3.8, 4) is 0 Å². The van der Waals surface area contributed by atoms with Crippen LogP contribution in [0.5, 0.6) is 0 Å². The van der Waals surface area contributed by atoms with Crippen molar-refractivity contribution in [3.05, 3.63) is 31.0 Å². The van der Waals surface area contributed by atoms with Crippen molar-refractivity contribution in [2.45, 2.75) is 19.5 Å². The first-order chi connectivity index (χ1) is 9.69. The largest absolute Gasteiger partial charge is 0.397 e. The third-order valence-corrected chi connectivity index (χ3v) is 2.93. The number of hydrogen-bond acceptors (Lipinski definition) is 5. The van der Waals surface area contributed by atoms with Crippen LogP contribution in [0, 0.1) is 0 Å². The van der Waals surface area contributed by atoms with Crippen LogP contribution < -0.4 is 21.4 Å². The topological polar surface area (TPSA) is 106 Å². The molecule has 0 bridgehead atoms. The van der Waals surface area contributed by atoms with E-state index in [0.29, 0.717) is 23.7 Å². The number of aromatic nitrogens is 3. The Morgan fingerprint density at radius 3 is 3.00 bits per heavy atom. The highest BCUT2D eigenvalue weighted by Crippen LogP contribution is 2.17. The number of rotatable bonds is 7. The summed E-state index contributed by atoms with van der Waals surface area (Å²) in [5.74, 6) is 0.669. The molecule has 2 heterocycles. The lowest BCUT2D eigenvalue weighted by Gasteiger charge is -2.07. The van der Waals surface area contributed by atoms with E-state index < -0.39 is 0 Å². The lowest BCUT2D eigenvalue weighted by molar-refractivity contribution is -0.697. The van der Waals surface area contributed by atoms with Gasteiger partial charge in [0.15, 0.2) is 0 Å². The first kappa shape index (κ1) is 14.1. The van der Waals surface area contributed by atoms with Gasteiger partial charge in [0.05, 0.1) is 30.7 Å². The second-order valence-electron chi connectivity index (χ2n) is 4.60. The molecule has 0 aliphatic heterocycles. The van der Waals surface area contributed by atoms with Gasteiger partial charge >= 0.3 is 0 Å². The number of aliphatic hydroxyl groups excluding tert-OH is 1. The Balaban J connectivity index is 1.75. The van der Waals surface area contributed by atoms with Crippen LogP contribution in [0.3, 0.4) is 0 Å². The van der Waals surface area contributed by atoms with Crippen molar-refractivity contribution < 1.29 is 9.67 Å². The van der Waals surface area contributed by atoms with Gasteiger partial charge in [-0.3, -0.25) is 0 Å². The number of nitrogens with two attached hydrogens (primary N) is 2. The van der Waals surface area contributed by atoms with Crippen LogP contribution >= 0.6 is 0 Å². The quantitative estimate of drug-likeness (QED) is 0.415. The minimum atomic E-state index is 0.151. The summed E-state index contributed by atoms with van der Waals surface area (Å²) >= 11 is 0. The van der Waals surface area contributed by atoms with Crippen molar-refractivity contribution >= 4 is 17.2 Å². The smallest absolute Gasteiger partial charge is 0.243 e. The lowest BCUT2D eigenvalue weighted by atomic mass is 10.3. The fourth-order valence-corrected chi connectivity index (χ4v) is 1.93. The summed E-state index contributed by atoms with van der Waals surface area (Å²) in [5.41, 5.74) is 12.5. The van der Waals surface area contributed by atoms with Crippen LogP contribution in [0.25, 0.3) is 0 Å². The predicted molar refractivity (Wildman–Crippen MR) is 77.9 cm³/mol. The zero-order chi connectivity index (χ0) is 14.4. The van der Waals surface area contributed by atoms with Gasteiger partial charge in [-0.05, 0) is 6.07 Å². The highest BCUT2D eigenvalue weighted by atomic mass is 16.3. The first-order valence-corrected chi connectivity index (χ1v) is 6.59. The van der Waals surface area contributed by atoms with Gasteiger partial charge in [-0.2, -0.15) is 0 Å². The number of aryl methyl sites for hydroxylation is 1. The summed E-state index contributed by atoms with van der Waals surface area (Å²) < 4.78 is 4.03. The second kappa shape index (κ2) is 6.76. The SMILES string of the molecule is Nc1cnc(NCCCn2cc[n+](CCO)c2)c(N)c1. The molecule has 0 aliphatic rings. The maximum Gasteiger partial charge on any atom is 0.243 e. The number of nitrogens with one attached hydrogen (secondary N) is 1. The summed E-state index contributed by atoms with van der Waals surface area (Å²) in [6.45, 7) is 2.44. The van der Waals surface area contributed by atoms with Gasteiger partial charge in [-0.15, -0.1) is 0 Å². The van der Waals surface area contributed by atoms with E-state index in [0.717, 1.165) is 19.5 Å². The molecule has 0 unspecified atom stereocenters. The number of imidazole rings is 1. The normalized spacial score (nSPS) is 10.7. The van der Waals surface area contributed by atoms with Crippen molar-refractivity contribution in [1.29, 1.82) is 0 Å². The molecule has 0 saturated carbocycles. The number of pyridine rings is 1. The van der Waals surface area contributed by atoms with E-state index >= 15 is 0 Å². The molecule has 0 saturated heterocycles. The number of aliphatic hydroxyl groups is 1. The molecule has 0 spiro atoms. The number of nitrogens with zero attached hydrogens (tertiary/aromatic N) is 3. The molecule has 0 amide bonds. The highest BCUT2D eigenvalue weighted by molar-refractivity contribution is 5.65. The molecule has 0 aromatic carbocycles. The van der Waals surface area contributed by atoms with E-state index in [9.17, 15) is 0 Å². The van der Waals surface area contributed by atoms with E-state index in [1.54, 1.807) is 12.3 Å². The molecule has 6 N–H and O–H groups in total. The van der Waals surface area contributed by atoms with Gasteiger partial charge in [-0.1, -0.05) is 0 Å². The van der Waals surface area contributed by atoms with Gasteiger partial charge in [0.25, 0.3) is 0 Å². The van der Waals surface area contributed by atoms with Gasteiger partial charge in [0.2, 0.25) is 6.33 Å². The van der Waals surface area contributed by atoms with Crippen LogP contribution in [0.15, 0.2) is 31.0 Å². The Morgan fingerprint density at radius 2 is 2.25 bits per heavy atom. The zero-order valence-electron chi connectivity index (χ0n) is 11.4. The van der Waals surface area contributed by atoms with Crippen LogP contribution in [-0.4, -0.2) is 27.8 Å². The van der Waals surface area contributed by atoms with E-state index in [1.165, 1.54) is 0 Å². The molecule has 2 rings (SSSR count). The number of nitrogen functional groups attached to an aromatic ring is 2. The molecule has 0 fully saturated rings. The van der Waals surface area contributed by atoms with E-state index in [1.807, 2.05) is 23.3 Å².